The van der Waals surface area contributed by atoms with E-state index >= 15 is 0 Å². The maximum Gasteiger partial charge on any atom is 0.573 e. The van der Waals surface area contributed by atoms with Gasteiger partial charge in [-0.05, 0) is 12.1 Å². The molecule has 1 radical (unpaired) electrons. The fraction of sp³-hybridized carbons (Fsp3) is 0.125. The van der Waals surface area contributed by atoms with E-state index in [-0.39, 0.29) is 5.56 Å². The van der Waals surface area contributed by atoms with E-state index in [1.807, 2.05) is 0 Å². The number of alkyl halides is 3. The minimum atomic E-state index is -4.90. The normalized spacial score (nSPS) is 10.7. The lowest BCUT2D eigenvalue weighted by molar-refractivity contribution is -0.274. The van der Waals surface area contributed by atoms with E-state index in [1.54, 1.807) is 0 Å². The second-order valence-electron chi connectivity index (χ2n) is 2.32. The molecule has 0 aliphatic heterocycles. The molecule has 1 rings (SSSR count). The molecule has 0 N–H and O–H groups in total. The first-order valence-corrected chi connectivity index (χ1v) is 3.39. The molecular formula is C8H3F3NO2. The first-order chi connectivity index (χ1) is 6.42. The predicted molar refractivity (Wildman–Crippen MR) is 38.0 cm³/mol. The van der Waals surface area contributed by atoms with Crippen LogP contribution in [-0.4, -0.2) is 6.36 Å². The zero-order valence-electron chi connectivity index (χ0n) is 6.63. The van der Waals surface area contributed by atoms with Gasteiger partial charge in [0.25, 0.3) is 0 Å². The number of benzene rings is 1. The topological polar surface area (TPSA) is 52.9 Å². The van der Waals surface area contributed by atoms with Gasteiger partial charge in [-0.3, -0.25) is 5.11 Å². The summed E-state index contributed by atoms with van der Waals surface area (Å²) in [7, 11) is 0. The number of ether oxygens (including phenoxy) is 1. The third-order valence-electron chi connectivity index (χ3n) is 1.30. The number of nitrogens with zero attached hydrogens (tertiary/aromatic N) is 1. The van der Waals surface area contributed by atoms with Crippen LogP contribution in [0.2, 0.25) is 0 Å². The summed E-state index contributed by atoms with van der Waals surface area (Å²) in [4.78, 5) is 0. The number of hydrogen-bond acceptors (Lipinski definition) is 2. The molecule has 0 bridgehead atoms. The molecule has 73 valence electrons. The van der Waals surface area contributed by atoms with Gasteiger partial charge in [-0.15, -0.1) is 13.2 Å². The molecule has 0 aromatic heterocycles. The van der Waals surface area contributed by atoms with E-state index in [9.17, 15) is 18.3 Å². The van der Waals surface area contributed by atoms with Crippen LogP contribution in [0.15, 0.2) is 18.2 Å². The van der Waals surface area contributed by atoms with Crippen molar-refractivity contribution in [1.29, 1.82) is 5.26 Å². The molecule has 1 aromatic carbocycles. The quantitative estimate of drug-likeness (QED) is 0.702. The Morgan fingerprint density at radius 1 is 1.36 bits per heavy atom. The summed E-state index contributed by atoms with van der Waals surface area (Å²) in [6.45, 7) is 0. The molecule has 0 saturated heterocycles. The highest BCUT2D eigenvalue weighted by Crippen LogP contribution is 2.29. The molecular weight excluding hydrogens is 199 g/mol. The van der Waals surface area contributed by atoms with Gasteiger partial charge in [0.2, 0.25) is 0 Å². The zero-order valence-corrected chi connectivity index (χ0v) is 6.63. The summed E-state index contributed by atoms with van der Waals surface area (Å²) >= 11 is 0. The van der Waals surface area contributed by atoms with Crippen LogP contribution in [0.25, 0.3) is 0 Å². The van der Waals surface area contributed by atoms with Crippen molar-refractivity contribution in [3.8, 4) is 17.6 Å². The number of hydrogen-bond donors (Lipinski definition) is 0. The lowest BCUT2D eigenvalue weighted by Crippen LogP contribution is -2.17. The van der Waals surface area contributed by atoms with Crippen molar-refractivity contribution in [1.82, 2.24) is 0 Å². The molecule has 0 saturated carbocycles. The second kappa shape index (κ2) is 3.46. The van der Waals surface area contributed by atoms with Gasteiger partial charge in [0, 0.05) is 6.07 Å². The summed E-state index contributed by atoms with van der Waals surface area (Å²) in [6.07, 6.45) is -4.90. The Morgan fingerprint density at radius 3 is 2.50 bits per heavy atom. The van der Waals surface area contributed by atoms with Crippen molar-refractivity contribution in [2.75, 3.05) is 0 Å². The number of nitriles is 1. The van der Waals surface area contributed by atoms with Crippen LogP contribution >= 0.6 is 0 Å². The van der Waals surface area contributed by atoms with Crippen molar-refractivity contribution in [3.63, 3.8) is 0 Å². The molecule has 0 amide bonds. The van der Waals surface area contributed by atoms with Crippen molar-refractivity contribution in [2.24, 2.45) is 0 Å². The summed E-state index contributed by atoms with van der Waals surface area (Å²) < 4.78 is 38.7. The van der Waals surface area contributed by atoms with Crippen molar-refractivity contribution in [2.45, 2.75) is 6.36 Å². The first kappa shape index (κ1) is 10.2. The van der Waals surface area contributed by atoms with E-state index in [0.29, 0.717) is 6.07 Å². The zero-order chi connectivity index (χ0) is 10.8. The Hall–Kier alpha value is -1.90. The van der Waals surface area contributed by atoms with E-state index in [4.69, 9.17) is 5.26 Å². The van der Waals surface area contributed by atoms with Crippen LogP contribution in [0.5, 0.6) is 11.5 Å². The third-order valence-corrected chi connectivity index (χ3v) is 1.30. The van der Waals surface area contributed by atoms with Gasteiger partial charge in [0.05, 0.1) is 5.56 Å². The monoisotopic (exact) mass is 202 g/mol. The van der Waals surface area contributed by atoms with Gasteiger partial charge in [-0.1, -0.05) is 0 Å². The van der Waals surface area contributed by atoms with Crippen molar-refractivity contribution in [3.05, 3.63) is 23.8 Å². The van der Waals surface area contributed by atoms with Gasteiger partial charge in [-0.2, -0.15) is 5.26 Å². The lowest BCUT2D eigenvalue weighted by atomic mass is 10.2. The highest BCUT2D eigenvalue weighted by Gasteiger charge is 2.32. The second-order valence-corrected chi connectivity index (χ2v) is 2.32. The maximum atomic E-state index is 11.8. The molecule has 3 nitrogen and oxygen atoms in total. The summed E-state index contributed by atoms with van der Waals surface area (Å²) in [6, 6.07) is 4.06. The third kappa shape index (κ3) is 2.55. The van der Waals surface area contributed by atoms with Crippen LogP contribution in [-0.2, 0) is 5.11 Å². The number of rotatable bonds is 1. The van der Waals surface area contributed by atoms with Crippen molar-refractivity contribution >= 4 is 0 Å². The Labute approximate surface area is 77.0 Å². The summed E-state index contributed by atoms with van der Waals surface area (Å²) in [5, 5.41) is 19.1. The molecule has 0 heterocycles. The van der Waals surface area contributed by atoms with Gasteiger partial charge in [0.1, 0.15) is 6.07 Å². The van der Waals surface area contributed by atoms with Gasteiger partial charge < -0.3 is 4.74 Å². The first-order valence-electron chi connectivity index (χ1n) is 3.39. The Balaban J connectivity index is 3.07. The standard InChI is InChI=1S/C8H3F3NO2/c9-8(10,11)14-7-3-6(13)2-1-5(7)4-12/h1-3H. The van der Waals surface area contributed by atoms with Crippen LogP contribution in [0.4, 0.5) is 13.2 Å². The fourth-order valence-electron chi connectivity index (χ4n) is 0.804. The van der Waals surface area contributed by atoms with Crippen LogP contribution in [0.1, 0.15) is 5.56 Å². The van der Waals surface area contributed by atoms with Crippen molar-refractivity contribution < 1.29 is 23.0 Å². The predicted octanol–water partition coefficient (Wildman–Crippen LogP) is 2.60. The van der Waals surface area contributed by atoms with E-state index in [1.165, 1.54) is 6.07 Å². The summed E-state index contributed by atoms with van der Waals surface area (Å²) in [5.74, 6) is -1.42. The summed E-state index contributed by atoms with van der Waals surface area (Å²) in [5.41, 5.74) is -0.332. The highest BCUT2D eigenvalue weighted by atomic mass is 19.4. The van der Waals surface area contributed by atoms with Crippen LogP contribution in [0.3, 0.4) is 0 Å². The van der Waals surface area contributed by atoms with Gasteiger partial charge in [-0.25, -0.2) is 0 Å². The molecule has 0 spiro atoms. The lowest BCUT2D eigenvalue weighted by Gasteiger charge is -2.09. The maximum absolute atomic E-state index is 11.8. The number of halogens is 3. The molecule has 6 heteroatoms. The average Bonchev–Trinajstić information content (AvgIpc) is 2.01. The molecule has 0 aliphatic rings. The Bertz CT molecular complexity index is 381. The van der Waals surface area contributed by atoms with Crippen LogP contribution < -0.4 is 4.74 Å². The van der Waals surface area contributed by atoms with E-state index in [2.05, 4.69) is 4.74 Å². The van der Waals surface area contributed by atoms with Crippen LogP contribution in [0, 0.1) is 11.3 Å². The molecule has 14 heavy (non-hydrogen) atoms. The minimum absolute atomic E-state index is 0.332. The minimum Gasteiger partial charge on any atom is -0.404 e. The largest absolute Gasteiger partial charge is 0.573 e. The SMILES string of the molecule is N#Cc1ccc([O])cc1OC(F)(F)F. The molecule has 0 aliphatic carbocycles. The van der Waals surface area contributed by atoms with E-state index < -0.39 is 17.9 Å². The molecule has 0 unspecified atom stereocenters. The average molecular weight is 202 g/mol. The fourth-order valence-corrected chi connectivity index (χ4v) is 0.804. The Morgan fingerprint density at radius 2 is 2.00 bits per heavy atom. The molecule has 1 aromatic rings. The molecule has 0 fully saturated rings. The Kier molecular flexibility index (Phi) is 2.51. The smallest absolute Gasteiger partial charge is 0.404 e. The van der Waals surface area contributed by atoms with Gasteiger partial charge in [0.15, 0.2) is 11.5 Å². The highest BCUT2D eigenvalue weighted by molar-refractivity contribution is 5.46. The van der Waals surface area contributed by atoms with Gasteiger partial charge >= 0.3 is 6.36 Å². The van der Waals surface area contributed by atoms with E-state index in [0.717, 1.165) is 12.1 Å². The molecule has 0 atom stereocenters.